The van der Waals surface area contributed by atoms with Gasteiger partial charge in [-0.25, -0.2) is 4.79 Å². The minimum Gasteiger partial charge on any atom is -0.507 e. The summed E-state index contributed by atoms with van der Waals surface area (Å²) in [5.74, 6) is -1.79. The Kier molecular flexibility index (Phi) is 3.79. The van der Waals surface area contributed by atoms with Crippen molar-refractivity contribution in [1.82, 2.24) is 4.90 Å². The average molecular weight is 263 g/mol. The molecule has 1 aliphatic heterocycles. The number of para-hydroxylation sites is 1. The number of benzene rings is 1. The van der Waals surface area contributed by atoms with E-state index in [1.807, 2.05) is 0 Å². The molecule has 1 aromatic rings. The number of amides is 2. The van der Waals surface area contributed by atoms with Crippen molar-refractivity contribution in [3.63, 3.8) is 0 Å². The van der Waals surface area contributed by atoms with Gasteiger partial charge in [-0.05, 0) is 18.6 Å². The fourth-order valence-electron chi connectivity index (χ4n) is 1.84. The second kappa shape index (κ2) is 5.51. The van der Waals surface area contributed by atoms with Crippen molar-refractivity contribution < 1.29 is 24.2 Å². The SMILES string of the molecule is O=C(OCC(=O)N1CCCC1=O)c1ccccc1O. The molecule has 2 amide bonds. The number of imide groups is 1. The molecule has 0 bridgehead atoms. The van der Waals surface area contributed by atoms with Crippen LogP contribution in [0.4, 0.5) is 0 Å². The van der Waals surface area contributed by atoms with E-state index in [9.17, 15) is 19.5 Å². The number of nitrogens with zero attached hydrogens (tertiary/aromatic N) is 1. The molecular formula is C13H13NO5. The fraction of sp³-hybridized carbons (Fsp3) is 0.308. The molecule has 1 fully saturated rings. The molecule has 1 aromatic carbocycles. The molecule has 6 heteroatoms. The predicted molar refractivity (Wildman–Crippen MR) is 64.3 cm³/mol. The maximum Gasteiger partial charge on any atom is 0.342 e. The number of phenols is 1. The second-order valence-electron chi connectivity index (χ2n) is 4.14. The van der Waals surface area contributed by atoms with Crippen LogP contribution in [0.5, 0.6) is 5.75 Å². The van der Waals surface area contributed by atoms with Crippen molar-refractivity contribution in [2.75, 3.05) is 13.2 Å². The Morgan fingerprint density at radius 3 is 2.68 bits per heavy atom. The van der Waals surface area contributed by atoms with Crippen molar-refractivity contribution in [3.8, 4) is 5.75 Å². The van der Waals surface area contributed by atoms with Crippen LogP contribution in [0.3, 0.4) is 0 Å². The summed E-state index contributed by atoms with van der Waals surface area (Å²) < 4.78 is 4.79. The van der Waals surface area contributed by atoms with Crippen molar-refractivity contribution in [2.24, 2.45) is 0 Å². The van der Waals surface area contributed by atoms with Gasteiger partial charge in [-0.15, -0.1) is 0 Å². The molecule has 0 saturated carbocycles. The van der Waals surface area contributed by atoms with Crippen LogP contribution in [0, 0.1) is 0 Å². The summed E-state index contributed by atoms with van der Waals surface area (Å²) in [7, 11) is 0. The van der Waals surface area contributed by atoms with Gasteiger partial charge in [0.05, 0.1) is 0 Å². The van der Waals surface area contributed by atoms with Gasteiger partial charge in [-0.3, -0.25) is 14.5 Å². The molecular weight excluding hydrogens is 250 g/mol. The zero-order chi connectivity index (χ0) is 13.8. The average Bonchev–Trinajstić information content (AvgIpc) is 2.82. The summed E-state index contributed by atoms with van der Waals surface area (Å²) in [6, 6.07) is 5.88. The van der Waals surface area contributed by atoms with E-state index in [2.05, 4.69) is 0 Å². The molecule has 0 atom stereocenters. The summed E-state index contributed by atoms with van der Waals surface area (Å²) in [4.78, 5) is 35.7. The van der Waals surface area contributed by atoms with E-state index in [1.165, 1.54) is 12.1 Å². The number of esters is 1. The number of likely N-dealkylation sites (tertiary alicyclic amines) is 1. The number of ether oxygens (including phenoxy) is 1. The van der Waals surface area contributed by atoms with Crippen molar-refractivity contribution in [1.29, 1.82) is 0 Å². The fourth-order valence-corrected chi connectivity index (χ4v) is 1.84. The number of carbonyl (C=O) groups is 3. The highest BCUT2D eigenvalue weighted by Gasteiger charge is 2.27. The first-order valence-corrected chi connectivity index (χ1v) is 5.88. The maximum absolute atomic E-state index is 11.6. The van der Waals surface area contributed by atoms with Crippen molar-refractivity contribution >= 4 is 17.8 Å². The second-order valence-corrected chi connectivity index (χ2v) is 4.14. The molecule has 100 valence electrons. The Balaban J connectivity index is 1.92. The third-order valence-corrected chi connectivity index (χ3v) is 2.83. The summed E-state index contributed by atoms with van der Waals surface area (Å²) in [6.45, 7) is -0.134. The number of carbonyl (C=O) groups excluding carboxylic acids is 3. The summed E-state index contributed by atoms with van der Waals surface area (Å²) in [6.07, 6.45) is 0.983. The lowest BCUT2D eigenvalue weighted by Crippen LogP contribution is -2.35. The van der Waals surface area contributed by atoms with Crippen LogP contribution < -0.4 is 0 Å². The first-order chi connectivity index (χ1) is 9.09. The number of rotatable bonds is 3. The van der Waals surface area contributed by atoms with Crippen LogP contribution in [0.1, 0.15) is 23.2 Å². The number of hydrogen-bond acceptors (Lipinski definition) is 5. The van der Waals surface area contributed by atoms with Gasteiger partial charge in [0.15, 0.2) is 6.61 Å². The van der Waals surface area contributed by atoms with E-state index in [1.54, 1.807) is 12.1 Å². The van der Waals surface area contributed by atoms with E-state index >= 15 is 0 Å². The third-order valence-electron chi connectivity index (χ3n) is 2.83. The molecule has 19 heavy (non-hydrogen) atoms. The van der Waals surface area contributed by atoms with E-state index in [0.29, 0.717) is 19.4 Å². The topological polar surface area (TPSA) is 83.9 Å². The lowest BCUT2D eigenvalue weighted by Gasteiger charge is -2.13. The van der Waals surface area contributed by atoms with E-state index < -0.39 is 18.5 Å². The minimum absolute atomic E-state index is 0.0111. The highest BCUT2D eigenvalue weighted by molar-refractivity contribution is 5.99. The molecule has 1 heterocycles. The molecule has 2 rings (SSSR count). The van der Waals surface area contributed by atoms with Gasteiger partial charge in [-0.2, -0.15) is 0 Å². The van der Waals surface area contributed by atoms with Crippen LogP contribution in [0.2, 0.25) is 0 Å². The van der Waals surface area contributed by atoms with E-state index in [0.717, 1.165) is 4.90 Å². The minimum atomic E-state index is -0.793. The van der Waals surface area contributed by atoms with Gasteiger partial charge >= 0.3 is 5.97 Å². The molecule has 0 aromatic heterocycles. The summed E-state index contributed by atoms with van der Waals surface area (Å²) in [5.41, 5.74) is -0.0111. The molecule has 0 aliphatic carbocycles. The van der Waals surface area contributed by atoms with Gasteiger partial charge < -0.3 is 9.84 Å². The van der Waals surface area contributed by atoms with E-state index in [-0.39, 0.29) is 17.2 Å². The molecule has 6 nitrogen and oxygen atoms in total. The van der Waals surface area contributed by atoms with Crippen LogP contribution in [0.25, 0.3) is 0 Å². The molecule has 0 radical (unpaired) electrons. The molecule has 1 saturated heterocycles. The molecule has 0 unspecified atom stereocenters. The Morgan fingerprint density at radius 2 is 2.05 bits per heavy atom. The Hall–Kier alpha value is -2.37. The van der Waals surface area contributed by atoms with Gasteiger partial charge in [-0.1, -0.05) is 12.1 Å². The lowest BCUT2D eigenvalue weighted by atomic mass is 10.2. The molecule has 0 spiro atoms. The largest absolute Gasteiger partial charge is 0.507 e. The Labute approximate surface area is 109 Å². The van der Waals surface area contributed by atoms with Crippen LogP contribution >= 0.6 is 0 Å². The highest BCUT2D eigenvalue weighted by Crippen LogP contribution is 2.16. The van der Waals surface area contributed by atoms with Crippen molar-refractivity contribution in [2.45, 2.75) is 12.8 Å². The highest BCUT2D eigenvalue weighted by atomic mass is 16.5. The summed E-state index contributed by atoms with van der Waals surface area (Å²) >= 11 is 0. The first kappa shape index (κ1) is 13.1. The van der Waals surface area contributed by atoms with Crippen molar-refractivity contribution in [3.05, 3.63) is 29.8 Å². The van der Waals surface area contributed by atoms with Crippen LogP contribution in [0.15, 0.2) is 24.3 Å². The first-order valence-electron chi connectivity index (χ1n) is 5.88. The quantitative estimate of drug-likeness (QED) is 0.811. The van der Waals surface area contributed by atoms with E-state index in [4.69, 9.17) is 4.74 Å². The van der Waals surface area contributed by atoms with Crippen LogP contribution in [-0.4, -0.2) is 40.9 Å². The van der Waals surface area contributed by atoms with Gasteiger partial charge in [0.25, 0.3) is 5.91 Å². The smallest absolute Gasteiger partial charge is 0.342 e. The summed E-state index contributed by atoms with van der Waals surface area (Å²) in [5, 5.41) is 9.45. The van der Waals surface area contributed by atoms with Crippen LogP contribution in [-0.2, 0) is 14.3 Å². The van der Waals surface area contributed by atoms with Gasteiger partial charge in [0.1, 0.15) is 11.3 Å². The maximum atomic E-state index is 11.6. The molecule has 1 aliphatic rings. The Morgan fingerprint density at radius 1 is 1.32 bits per heavy atom. The zero-order valence-corrected chi connectivity index (χ0v) is 10.2. The monoisotopic (exact) mass is 263 g/mol. The normalized spacial score (nSPS) is 14.5. The van der Waals surface area contributed by atoms with Gasteiger partial charge in [0, 0.05) is 13.0 Å². The van der Waals surface area contributed by atoms with Gasteiger partial charge in [0.2, 0.25) is 5.91 Å². The lowest BCUT2D eigenvalue weighted by molar-refractivity contribution is -0.143. The standard InChI is InChI=1S/C13H13NO5/c15-10-5-2-1-4-9(10)13(18)19-8-12(17)14-7-3-6-11(14)16/h1-2,4-5,15H,3,6-8H2. The predicted octanol–water partition coefficient (Wildman–Crippen LogP) is 0.698. The number of hydrogen-bond donors (Lipinski definition) is 1. The number of phenolic OH excluding ortho intramolecular Hbond substituents is 1. The Bertz CT molecular complexity index is 526. The zero-order valence-electron chi connectivity index (χ0n) is 10.2. The molecule has 1 N–H and O–H groups in total. The number of aromatic hydroxyl groups is 1. The third kappa shape index (κ3) is 2.90.